The molecule has 2 aromatic heterocycles. The number of carbonyl (C=O) groups excluding carboxylic acids is 1. The number of fused-ring (bicyclic) bond motifs is 1. The van der Waals surface area contributed by atoms with Gasteiger partial charge in [-0.15, -0.1) is 11.3 Å². The van der Waals surface area contributed by atoms with Crippen LogP contribution in [0, 0.1) is 11.3 Å². The van der Waals surface area contributed by atoms with Gasteiger partial charge in [-0.1, -0.05) is 23.9 Å². The Bertz CT molecular complexity index is 1190. The molecule has 3 aromatic rings. The number of carbonyl (C=O) groups is 1. The fourth-order valence-electron chi connectivity index (χ4n) is 3.57. The van der Waals surface area contributed by atoms with E-state index in [0.29, 0.717) is 51.8 Å². The lowest BCUT2D eigenvalue weighted by molar-refractivity contribution is -0.113. The largest absolute Gasteiger partial charge is 0.316 e. The number of nitriles is 1. The molecule has 0 radical (unpaired) electrons. The molecule has 0 fully saturated rings. The molecule has 0 aliphatic carbocycles. The number of amides is 1. The molecule has 1 amide bonds. The van der Waals surface area contributed by atoms with Gasteiger partial charge in [0.1, 0.15) is 11.1 Å². The standard InChI is InChI=1S/C23H27N5O2S2/c1-15(2)27(16(3)4)10-11-28-22(30)18-7-5-6-8-19(18)25-23(28)32-14-20(29)26-21-17(13-24)9-12-31-21/h5-9,12,15-16H,10-11,14H2,1-4H3,(H,26,29). The molecule has 0 bridgehead atoms. The minimum Gasteiger partial charge on any atom is -0.316 e. The Morgan fingerprint density at radius 3 is 2.66 bits per heavy atom. The zero-order valence-corrected chi connectivity index (χ0v) is 20.3. The Morgan fingerprint density at radius 2 is 1.97 bits per heavy atom. The van der Waals surface area contributed by atoms with Gasteiger partial charge in [0.2, 0.25) is 5.91 Å². The molecule has 168 valence electrons. The predicted molar refractivity (Wildman–Crippen MR) is 131 cm³/mol. The lowest BCUT2D eigenvalue weighted by Crippen LogP contribution is -2.40. The summed E-state index contributed by atoms with van der Waals surface area (Å²) in [5.41, 5.74) is 0.957. The van der Waals surface area contributed by atoms with Crippen LogP contribution in [0.4, 0.5) is 5.00 Å². The Morgan fingerprint density at radius 1 is 1.25 bits per heavy atom. The Kier molecular flexibility index (Phi) is 8.07. The van der Waals surface area contributed by atoms with Gasteiger partial charge in [0.25, 0.3) is 5.56 Å². The lowest BCUT2D eigenvalue weighted by atomic mass is 10.2. The summed E-state index contributed by atoms with van der Waals surface area (Å²) in [5.74, 6) is -0.153. The summed E-state index contributed by atoms with van der Waals surface area (Å²) in [4.78, 5) is 32.7. The van der Waals surface area contributed by atoms with Crippen LogP contribution < -0.4 is 10.9 Å². The maximum atomic E-state index is 13.2. The molecule has 0 saturated carbocycles. The van der Waals surface area contributed by atoms with Crippen LogP contribution >= 0.6 is 23.1 Å². The number of rotatable bonds is 9. The molecule has 0 aliphatic heterocycles. The molecule has 0 aliphatic rings. The Hall–Kier alpha value is -2.67. The summed E-state index contributed by atoms with van der Waals surface area (Å²) in [6.45, 7) is 9.75. The van der Waals surface area contributed by atoms with Crippen LogP contribution in [0.1, 0.15) is 33.3 Å². The third-order valence-electron chi connectivity index (χ3n) is 5.11. The number of nitrogens with one attached hydrogen (secondary N) is 1. The van der Waals surface area contributed by atoms with E-state index in [1.165, 1.54) is 23.1 Å². The first-order valence-electron chi connectivity index (χ1n) is 10.5. The lowest BCUT2D eigenvalue weighted by Gasteiger charge is -2.30. The summed E-state index contributed by atoms with van der Waals surface area (Å²) in [6, 6.07) is 11.7. The summed E-state index contributed by atoms with van der Waals surface area (Å²) in [5, 5.41) is 15.3. The van der Waals surface area contributed by atoms with E-state index < -0.39 is 0 Å². The summed E-state index contributed by atoms with van der Waals surface area (Å²) in [6.07, 6.45) is 0. The minimum absolute atomic E-state index is 0.0889. The molecule has 2 heterocycles. The molecule has 7 nitrogen and oxygen atoms in total. The van der Waals surface area contributed by atoms with Crippen molar-refractivity contribution in [2.45, 2.75) is 51.5 Å². The quantitative estimate of drug-likeness (QED) is 0.373. The van der Waals surface area contributed by atoms with Crippen LogP contribution in [0.2, 0.25) is 0 Å². The van der Waals surface area contributed by atoms with Crippen LogP contribution in [0.3, 0.4) is 0 Å². The topological polar surface area (TPSA) is 91.0 Å². The van der Waals surface area contributed by atoms with Crippen LogP contribution in [-0.4, -0.2) is 44.7 Å². The number of thioether (sulfide) groups is 1. The number of nitrogens with zero attached hydrogens (tertiary/aromatic N) is 4. The number of thiophene rings is 1. The number of hydrogen-bond acceptors (Lipinski definition) is 7. The average molecular weight is 470 g/mol. The average Bonchev–Trinajstić information content (AvgIpc) is 3.20. The zero-order valence-electron chi connectivity index (χ0n) is 18.7. The van der Waals surface area contributed by atoms with Crippen molar-refractivity contribution in [3.05, 3.63) is 51.6 Å². The highest BCUT2D eigenvalue weighted by Crippen LogP contribution is 2.23. The molecule has 1 aromatic carbocycles. The van der Waals surface area contributed by atoms with Crippen molar-refractivity contribution in [2.24, 2.45) is 0 Å². The van der Waals surface area contributed by atoms with Gasteiger partial charge < -0.3 is 5.32 Å². The highest BCUT2D eigenvalue weighted by atomic mass is 32.2. The van der Waals surface area contributed by atoms with Crippen molar-refractivity contribution in [1.82, 2.24) is 14.5 Å². The summed E-state index contributed by atoms with van der Waals surface area (Å²) >= 11 is 2.54. The second kappa shape index (κ2) is 10.8. The first-order valence-corrected chi connectivity index (χ1v) is 12.3. The van der Waals surface area contributed by atoms with Gasteiger partial charge in [0.05, 0.1) is 22.2 Å². The summed E-state index contributed by atoms with van der Waals surface area (Å²) < 4.78 is 1.67. The van der Waals surface area contributed by atoms with Crippen molar-refractivity contribution in [2.75, 3.05) is 17.6 Å². The van der Waals surface area contributed by atoms with Crippen molar-refractivity contribution in [3.8, 4) is 6.07 Å². The fraction of sp³-hybridized carbons (Fsp3) is 0.391. The van der Waals surface area contributed by atoms with Gasteiger partial charge >= 0.3 is 0 Å². The molecule has 32 heavy (non-hydrogen) atoms. The molecular formula is C23H27N5O2S2. The molecule has 1 N–H and O–H groups in total. The minimum atomic E-state index is -0.242. The van der Waals surface area contributed by atoms with Gasteiger partial charge in [0, 0.05) is 25.2 Å². The van der Waals surface area contributed by atoms with E-state index in [1.54, 1.807) is 22.1 Å². The Balaban J connectivity index is 1.84. The van der Waals surface area contributed by atoms with Crippen molar-refractivity contribution in [1.29, 1.82) is 5.26 Å². The molecule has 3 rings (SSSR count). The normalized spacial score (nSPS) is 11.4. The number of para-hydroxylation sites is 1. The molecule has 0 saturated heterocycles. The maximum Gasteiger partial charge on any atom is 0.262 e. The van der Waals surface area contributed by atoms with E-state index in [1.807, 2.05) is 18.2 Å². The van der Waals surface area contributed by atoms with Crippen LogP contribution in [0.5, 0.6) is 0 Å². The smallest absolute Gasteiger partial charge is 0.262 e. The van der Waals surface area contributed by atoms with E-state index >= 15 is 0 Å². The highest BCUT2D eigenvalue weighted by molar-refractivity contribution is 7.99. The number of benzene rings is 1. The zero-order chi connectivity index (χ0) is 23.3. The highest BCUT2D eigenvalue weighted by Gasteiger charge is 2.18. The second-order valence-electron chi connectivity index (χ2n) is 7.91. The maximum absolute atomic E-state index is 13.2. The molecular weight excluding hydrogens is 442 g/mol. The molecule has 0 spiro atoms. The van der Waals surface area contributed by atoms with Crippen LogP contribution in [-0.2, 0) is 11.3 Å². The van der Waals surface area contributed by atoms with Gasteiger partial charge in [-0.05, 0) is 51.3 Å². The van der Waals surface area contributed by atoms with Gasteiger partial charge in [-0.25, -0.2) is 4.98 Å². The van der Waals surface area contributed by atoms with Crippen molar-refractivity contribution < 1.29 is 4.79 Å². The van der Waals surface area contributed by atoms with Crippen molar-refractivity contribution in [3.63, 3.8) is 0 Å². The van der Waals surface area contributed by atoms with E-state index in [4.69, 9.17) is 5.26 Å². The first kappa shape index (κ1) is 24.0. The van der Waals surface area contributed by atoms with Crippen molar-refractivity contribution >= 4 is 44.9 Å². The molecule has 9 heteroatoms. The number of hydrogen-bond donors (Lipinski definition) is 1. The first-order chi connectivity index (χ1) is 15.3. The number of anilines is 1. The summed E-state index contributed by atoms with van der Waals surface area (Å²) in [7, 11) is 0. The fourth-order valence-corrected chi connectivity index (χ4v) is 5.15. The van der Waals surface area contributed by atoms with E-state index in [0.717, 1.165) is 0 Å². The van der Waals surface area contributed by atoms with Gasteiger partial charge in [-0.3, -0.25) is 19.1 Å². The molecule has 0 unspecified atom stereocenters. The third kappa shape index (κ3) is 5.57. The number of aromatic nitrogens is 2. The van der Waals surface area contributed by atoms with E-state index in [9.17, 15) is 9.59 Å². The monoisotopic (exact) mass is 469 g/mol. The van der Waals surface area contributed by atoms with Gasteiger partial charge in [0.15, 0.2) is 5.16 Å². The van der Waals surface area contributed by atoms with E-state index in [-0.39, 0.29) is 17.2 Å². The van der Waals surface area contributed by atoms with Gasteiger partial charge in [-0.2, -0.15) is 5.26 Å². The SMILES string of the molecule is CC(C)N(CCn1c(SCC(=O)Nc2sccc2C#N)nc2ccccc2c1=O)C(C)C. The van der Waals surface area contributed by atoms with E-state index in [2.05, 4.69) is 49.0 Å². The molecule has 0 atom stereocenters. The third-order valence-corrected chi connectivity index (χ3v) is 6.91. The predicted octanol–water partition coefficient (Wildman–Crippen LogP) is 4.18. The second-order valence-corrected chi connectivity index (χ2v) is 9.76. The van der Waals surface area contributed by atoms with Crippen LogP contribution in [0.25, 0.3) is 10.9 Å². The Labute approximate surface area is 196 Å². The van der Waals surface area contributed by atoms with Crippen LogP contribution in [0.15, 0.2) is 45.7 Å².